The van der Waals surface area contributed by atoms with Crippen LogP contribution in [0.2, 0.25) is 0 Å². The average Bonchev–Trinajstić information content (AvgIpc) is 2.75. The number of hydrogen-bond donors (Lipinski definition) is 2. The summed E-state index contributed by atoms with van der Waals surface area (Å²) in [7, 11) is 0. The van der Waals surface area contributed by atoms with E-state index >= 15 is 0 Å². The number of carbonyl (C=O) groups is 3. The second-order valence-corrected chi connectivity index (χ2v) is 7.26. The lowest BCUT2D eigenvalue weighted by atomic mass is 9.96. The molecule has 1 aliphatic rings. The number of ether oxygens (including phenoxy) is 2. The first kappa shape index (κ1) is 21.4. The third-order valence-corrected chi connectivity index (χ3v) is 4.91. The molecule has 0 saturated heterocycles. The van der Waals surface area contributed by atoms with E-state index in [1.165, 1.54) is 13.3 Å². The Hall–Kier alpha value is -3.35. The Morgan fingerprint density at radius 3 is 2.33 bits per heavy atom. The van der Waals surface area contributed by atoms with Gasteiger partial charge in [0, 0.05) is 6.04 Å². The molecule has 0 unspecified atom stereocenters. The zero-order chi connectivity index (χ0) is 21.3. The van der Waals surface area contributed by atoms with Gasteiger partial charge in [-0.1, -0.05) is 49.6 Å². The molecule has 0 radical (unpaired) electrons. The van der Waals surface area contributed by atoms with Crippen LogP contribution in [0.25, 0.3) is 0 Å². The second kappa shape index (κ2) is 10.4. The third-order valence-electron chi connectivity index (χ3n) is 4.91. The first-order valence-corrected chi connectivity index (χ1v) is 10.2. The number of urea groups is 1. The second-order valence-electron chi connectivity index (χ2n) is 7.26. The van der Waals surface area contributed by atoms with E-state index in [1.54, 1.807) is 36.4 Å². The van der Waals surface area contributed by atoms with Crippen molar-refractivity contribution in [2.75, 3.05) is 0 Å². The van der Waals surface area contributed by atoms with E-state index < -0.39 is 24.0 Å². The predicted octanol–water partition coefficient (Wildman–Crippen LogP) is 4.18. The average molecular weight is 410 g/mol. The molecule has 0 aliphatic heterocycles. The molecule has 0 bridgehead atoms. The van der Waals surface area contributed by atoms with Crippen LogP contribution in [0.1, 0.15) is 49.4 Å². The van der Waals surface area contributed by atoms with Crippen molar-refractivity contribution in [2.45, 2.75) is 51.2 Å². The first-order valence-electron chi connectivity index (χ1n) is 10.2. The van der Waals surface area contributed by atoms with Crippen molar-refractivity contribution < 1.29 is 23.9 Å². The summed E-state index contributed by atoms with van der Waals surface area (Å²) in [5.41, 5.74) is 0.188. The molecule has 1 aliphatic carbocycles. The number of amides is 3. The Morgan fingerprint density at radius 1 is 0.933 bits per heavy atom. The topological polar surface area (TPSA) is 93.7 Å². The summed E-state index contributed by atoms with van der Waals surface area (Å²) in [5, 5.41) is 5.04. The Morgan fingerprint density at radius 2 is 1.60 bits per heavy atom. The maximum absolute atomic E-state index is 12.6. The van der Waals surface area contributed by atoms with Gasteiger partial charge in [0.1, 0.15) is 17.1 Å². The fraction of sp³-hybridized carbons (Fsp3) is 0.348. The van der Waals surface area contributed by atoms with Crippen molar-refractivity contribution in [3.05, 3.63) is 60.2 Å². The van der Waals surface area contributed by atoms with E-state index in [-0.39, 0.29) is 11.6 Å². The molecule has 0 spiro atoms. The van der Waals surface area contributed by atoms with Gasteiger partial charge in [0.05, 0.1) is 0 Å². The van der Waals surface area contributed by atoms with Gasteiger partial charge in [0.15, 0.2) is 6.10 Å². The molecule has 2 aromatic rings. The van der Waals surface area contributed by atoms with Crippen LogP contribution in [0.3, 0.4) is 0 Å². The maximum atomic E-state index is 12.6. The monoisotopic (exact) mass is 410 g/mol. The summed E-state index contributed by atoms with van der Waals surface area (Å²) in [6.07, 6.45) is 3.98. The van der Waals surface area contributed by atoms with Gasteiger partial charge in [-0.25, -0.2) is 9.59 Å². The number of benzene rings is 2. The number of rotatable bonds is 6. The van der Waals surface area contributed by atoms with Crippen molar-refractivity contribution in [2.24, 2.45) is 0 Å². The maximum Gasteiger partial charge on any atom is 0.342 e. The van der Waals surface area contributed by atoms with Crippen LogP contribution in [-0.2, 0) is 9.53 Å². The molecule has 158 valence electrons. The highest BCUT2D eigenvalue weighted by molar-refractivity contribution is 5.99. The summed E-state index contributed by atoms with van der Waals surface area (Å²) in [6.45, 7) is 1.42. The van der Waals surface area contributed by atoms with Crippen LogP contribution in [-0.4, -0.2) is 30.1 Å². The number of esters is 1. The smallest absolute Gasteiger partial charge is 0.342 e. The summed E-state index contributed by atoms with van der Waals surface area (Å²) in [6, 6.07) is 15.2. The minimum absolute atomic E-state index is 0.0754. The van der Waals surface area contributed by atoms with Gasteiger partial charge in [-0.2, -0.15) is 0 Å². The lowest BCUT2D eigenvalue weighted by Crippen LogP contribution is -2.48. The van der Waals surface area contributed by atoms with E-state index in [0.29, 0.717) is 11.5 Å². The number of hydrogen-bond acceptors (Lipinski definition) is 5. The molecule has 1 atom stereocenters. The zero-order valence-electron chi connectivity index (χ0n) is 16.9. The molecule has 30 heavy (non-hydrogen) atoms. The number of para-hydroxylation sites is 2. The van der Waals surface area contributed by atoms with Crippen LogP contribution in [0.15, 0.2) is 54.6 Å². The van der Waals surface area contributed by atoms with E-state index in [2.05, 4.69) is 10.6 Å². The molecule has 1 fully saturated rings. The molecule has 7 nitrogen and oxygen atoms in total. The van der Waals surface area contributed by atoms with Gasteiger partial charge in [-0.05, 0) is 44.0 Å². The molecular weight excluding hydrogens is 384 g/mol. The standard InChI is InChI=1S/C23H26N2O5/c1-16(21(26)25-23(28)24-17-10-4-2-5-11-17)29-22(27)19-14-8-9-15-20(19)30-18-12-6-3-7-13-18/h3,6-9,12-17H,2,4-5,10-11H2,1H3,(H2,24,25,26,28)/t16-/m0/s1. The number of imide groups is 1. The molecule has 0 heterocycles. The predicted molar refractivity (Wildman–Crippen MR) is 111 cm³/mol. The third kappa shape index (κ3) is 6.07. The van der Waals surface area contributed by atoms with Crippen LogP contribution in [0.5, 0.6) is 11.5 Å². The van der Waals surface area contributed by atoms with Crippen molar-refractivity contribution in [1.82, 2.24) is 10.6 Å². The minimum Gasteiger partial charge on any atom is -0.456 e. The number of nitrogens with one attached hydrogen (secondary N) is 2. The van der Waals surface area contributed by atoms with E-state index in [4.69, 9.17) is 9.47 Å². The van der Waals surface area contributed by atoms with Gasteiger partial charge in [0.25, 0.3) is 5.91 Å². The molecule has 3 amide bonds. The van der Waals surface area contributed by atoms with Gasteiger partial charge in [0.2, 0.25) is 0 Å². The molecule has 0 aromatic heterocycles. The lowest BCUT2D eigenvalue weighted by molar-refractivity contribution is -0.127. The van der Waals surface area contributed by atoms with Gasteiger partial charge in [-0.3, -0.25) is 10.1 Å². The molecule has 1 saturated carbocycles. The molecule has 2 N–H and O–H groups in total. The highest BCUT2D eigenvalue weighted by Crippen LogP contribution is 2.26. The Labute approximate surface area is 175 Å². The summed E-state index contributed by atoms with van der Waals surface area (Å²) < 4.78 is 11.0. The molecule has 3 rings (SSSR count). The Kier molecular flexibility index (Phi) is 7.43. The highest BCUT2D eigenvalue weighted by atomic mass is 16.5. The largest absolute Gasteiger partial charge is 0.456 e. The van der Waals surface area contributed by atoms with Crippen LogP contribution in [0, 0.1) is 0 Å². The van der Waals surface area contributed by atoms with Crippen molar-refractivity contribution in [3.8, 4) is 11.5 Å². The molecule has 7 heteroatoms. The summed E-state index contributed by atoms with van der Waals surface area (Å²) in [5.74, 6) is -0.505. The minimum atomic E-state index is -1.14. The van der Waals surface area contributed by atoms with Crippen LogP contribution < -0.4 is 15.4 Å². The Bertz CT molecular complexity index is 878. The van der Waals surface area contributed by atoms with Crippen molar-refractivity contribution >= 4 is 17.9 Å². The van der Waals surface area contributed by atoms with Gasteiger partial charge < -0.3 is 14.8 Å². The van der Waals surface area contributed by atoms with E-state index in [1.807, 2.05) is 18.2 Å². The summed E-state index contributed by atoms with van der Waals surface area (Å²) in [4.78, 5) is 36.9. The quantitative estimate of drug-likeness (QED) is 0.697. The van der Waals surface area contributed by atoms with E-state index in [0.717, 1.165) is 25.7 Å². The lowest BCUT2D eigenvalue weighted by Gasteiger charge is -2.23. The van der Waals surface area contributed by atoms with E-state index in [9.17, 15) is 14.4 Å². The zero-order valence-corrected chi connectivity index (χ0v) is 16.9. The van der Waals surface area contributed by atoms with Gasteiger partial charge >= 0.3 is 12.0 Å². The summed E-state index contributed by atoms with van der Waals surface area (Å²) >= 11 is 0. The SMILES string of the molecule is C[C@H](OC(=O)c1ccccc1Oc1ccccc1)C(=O)NC(=O)NC1CCCCC1. The van der Waals surface area contributed by atoms with Crippen LogP contribution in [0.4, 0.5) is 4.79 Å². The number of carbonyl (C=O) groups excluding carboxylic acids is 3. The van der Waals surface area contributed by atoms with Crippen molar-refractivity contribution in [1.29, 1.82) is 0 Å². The van der Waals surface area contributed by atoms with Crippen molar-refractivity contribution in [3.63, 3.8) is 0 Å². The normalized spacial score (nSPS) is 15.0. The first-order chi connectivity index (χ1) is 14.5. The van der Waals surface area contributed by atoms with Gasteiger partial charge in [-0.15, -0.1) is 0 Å². The Balaban J connectivity index is 1.56. The highest BCUT2D eigenvalue weighted by Gasteiger charge is 2.24. The molecule has 2 aromatic carbocycles. The molecular formula is C23H26N2O5. The fourth-order valence-electron chi connectivity index (χ4n) is 3.30. The fourth-order valence-corrected chi connectivity index (χ4v) is 3.30. The van der Waals surface area contributed by atoms with Crippen LogP contribution >= 0.6 is 0 Å².